The van der Waals surface area contributed by atoms with Crippen molar-refractivity contribution in [2.75, 3.05) is 12.8 Å². The van der Waals surface area contributed by atoms with Gasteiger partial charge in [-0.25, -0.2) is 0 Å². The highest BCUT2D eigenvalue weighted by molar-refractivity contribution is 5.73. The van der Waals surface area contributed by atoms with Gasteiger partial charge in [0.15, 0.2) is 5.82 Å². The van der Waals surface area contributed by atoms with Gasteiger partial charge in [-0.15, -0.1) is 0 Å². The average molecular weight is 240 g/mol. The van der Waals surface area contributed by atoms with Crippen LogP contribution in [0, 0.1) is 11.3 Å². The molecule has 18 heavy (non-hydrogen) atoms. The molecular formula is C13H12N4O. The number of rotatable bonds is 3. The van der Waals surface area contributed by atoms with Gasteiger partial charge in [-0.3, -0.25) is 5.10 Å². The first-order valence-electron chi connectivity index (χ1n) is 5.30. The van der Waals surface area contributed by atoms with Crippen LogP contribution < -0.4 is 10.5 Å². The molecule has 0 aliphatic heterocycles. The number of hydrogen-bond acceptors (Lipinski definition) is 4. The molecule has 1 heterocycles. The third-order valence-corrected chi connectivity index (χ3v) is 2.49. The van der Waals surface area contributed by atoms with Crippen molar-refractivity contribution in [3.8, 4) is 11.8 Å². The molecule has 0 radical (unpaired) electrons. The lowest BCUT2D eigenvalue weighted by molar-refractivity contribution is 0.415. The van der Waals surface area contributed by atoms with Gasteiger partial charge in [0.05, 0.1) is 12.8 Å². The van der Waals surface area contributed by atoms with E-state index in [1.165, 1.54) is 0 Å². The van der Waals surface area contributed by atoms with Crippen molar-refractivity contribution in [3.05, 3.63) is 41.1 Å². The second kappa shape index (κ2) is 5.06. The molecule has 2 aromatic rings. The Kier molecular flexibility index (Phi) is 3.30. The SMILES string of the molecule is COc1ccc(/C=C/c2[nH]nc(N)c2C#N)cc1. The fourth-order valence-corrected chi connectivity index (χ4v) is 1.50. The first-order valence-corrected chi connectivity index (χ1v) is 5.30. The molecule has 0 saturated carbocycles. The zero-order valence-electron chi connectivity index (χ0n) is 9.84. The average Bonchev–Trinajstić information content (AvgIpc) is 2.77. The molecule has 2 rings (SSSR count). The number of nitrogen functional groups attached to an aromatic ring is 1. The van der Waals surface area contributed by atoms with E-state index in [1.54, 1.807) is 13.2 Å². The summed E-state index contributed by atoms with van der Waals surface area (Å²) in [5.74, 6) is 1.02. The lowest BCUT2D eigenvalue weighted by Gasteiger charge is -1.98. The Labute approximate surface area is 105 Å². The number of nitrogens with zero attached hydrogens (tertiary/aromatic N) is 2. The Balaban J connectivity index is 2.22. The van der Waals surface area contributed by atoms with E-state index in [0.29, 0.717) is 11.3 Å². The zero-order chi connectivity index (χ0) is 13.0. The van der Waals surface area contributed by atoms with Crippen LogP contribution in [0.2, 0.25) is 0 Å². The highest BCUT2D eigenvalue weighted by Crippen LogP contribution is 2.16. The first-order chi connectivity index (χ1) is 8.74. The second-order valence-electron chi connectivity index (χ2n) is 3.62. The molecule has 0 fully saturated rings. The summed E-state index contributed by atoms with van der Waals surface area (Å²) in [5, 5.41) is 15.4. The quantitative estimate of drug-likeness (QED) is 0.859. The molecule has 1 aromatic carbocycles. The minimum Gasteiger partial charge on any atom is -0.497 e. The van der Waals surface area contributed by atoms with Crippen LogP contribution in [0.5, 0.6) is 5.75 Å². The molecular weight excluding hydrogens is 228 g/mol. The molecule has 5 nitrogen and oxygen atoms in total. The van der Waals surface area contributed by atoms with Gasteiger partial charge in [-0.1, -0.05) is 18.2 Å². The lowest BCUT2D eigenvalue weighted by atomic mass is 10.1. The van der Waals surface area contributed by atoms with Gasteiger partial charge in [-0.05, 0) is 23.8 Å². The van der Waals surface area contributed by atoms with Crippen molar-refractivity contribution in [2.24, 2.45) is 0 Å². The second-order valence-corrected chi connectivity index (χ2v) is 3.62. The molecule has 1 aromatic heterocycles. The van der Waals surface area contributed by atoms with Crippen LogP contribution in [-0.2, 0) is 0 Å². The van der Waals surface area contributed by atoms with E-state index in [4.69, 9.17) is 15.7 Å². The third kappa shape index (κ3) is 2.33. The molecule has 0 bridgehead atoms. The van der Waals surface area contributed by atoms with Crippen molar-refractivity contribution in [1.29, 1.82) is 5.26 Å². The number of anilines is 1. The molecule has 0 aliphatic carbocycles. The van der Waals surface area contributed by atoms with E-state index in [-0.39, 0.29) is 5.82 Å². The topological polar surface area (TPSA) is 87.7 Å². The van der Waals surface area contributed by atoms with E-state index in [0.717, 1.165) is 11.3 Å². The predicted molar refractivity (Wildman–Crippen MR) is 69.6 cm³/mol. The Morgan fingerprint density at radius 2 is 2.06 bits per heavy atom. The number of H-pyrrole nitrogens is 1. The largest absolute Gasteiger partial charge is 0.497 e. The summed E-state index contributed by atoms with van der Waals surface area (Å²) < 4.78 is 5.07. The number of methoxy groups -OCH3 is 1. The van der Waals surface area contributed by atoms with Crippen LogP contribution in [0.1, 0.15) is 16.8 Å². The van der Waals surface area contributed by atoms with Crippen molar-refractivity contribution in [2.45, 2.75) is 0 Å². The van der Waals surface area contributed by atoms with Gasteiger partial charge in [0.2, 0.25) is 0 Å². The Morgan fingerprint density at radius 3 is 2.67 bits per heavy atom. The molecule has 90 valence electrons. The number of nitrogens with one attached hydrogen (secondary N) is 1. The number of aromatic nitrogens is 2. The zero-order valence-corrected chi connectivity index (χ0v) is 9.84. The van der Waals surface area contributed by atoms with Crippen LogP contribution in [0.4, 0.5) is 5.82 Å². The van der Waals surface area contributed by atoms with Crippen LogP contribution in [0.3, 0.4) is 0 Å². The summed E-state index contributed by atoms with van der Waals surface area (Å²) in [7, 11) is 1.62. The fourth-order valence-electron chi connectivity index (χ4n) is 1.50. The summed E-state index contributed by atoms with van der Waals surface area (Å²) in [6.45, 7) is 0. The van der Waals surface area contributed by atoms with Crippen molar-refractivity contribution < 1.29 is 4.74 Å². The van der Waals surface area contributed by atoms with E-state index >= 15 is 0 Å². The van der Waals surface area contributed by atoms with Crippen molar-refractivity contribution in [1.82, 2.24) is 10.2 Å². The number of hydrogen-bond donors (Lipinski definition) is 2. The van der Waals surface area contributed by atoms with Crippen molar-refractivity contribution >= 4 is 18.0 Å². The van der Waals surface area contributed by atoms with Crippen molar-refractivity contribution in [3.63, 3.8) is 0 Å². The molecule has 0 saturated heterocycles. The maximum absolute atomic E-state index is 8.91. The summed E-state index contributed by atoms with van der Waals surface area (Å²) in [6, 6.07) is 9.58. The highest BCUT2D eigenvalue weighted by Gasteiger charge is 2.06. The summed E-state index contributed by atoms with van der Waals surface area (Å²) in [4.78, 5) is 0. The minimum atomic E-state index is 0.215. The molecule has 0 atom stereocenters. The minimum absolute atomic E-state index is 0.215. The van der Waals surface area contributed by atoms with Crippen LogP contribution in [-0.4, -0.2) is 17.3 Å². The molecule has 5 heteroatoms. The smallest absolute Gasteiger partial charge is 0.163 e. The van der Waals surface area contributed by atoms with Crippen LogP contribution in [0.15, 0.2) is 24.3 Å². The van der Waals surface area contributed by atoms with Gasteiger partial charge in [-0.2, -0.15) is 10.4 Å². The highest BCUT2D eigenvalue weighted by atomic mass is 16.5. The van der Waals surface area contributed by atoms with E-state index in [9.17, 15) is 0 Å². The maximum Gasteiger partial charge on any atom is 0.163 e. The summed E-state index contributed by atoms with van der Waals surface area (Å²) >= 11 is 0. The Morgan fingerprint density at radius 1 is 1.33 bits per heavy atom. The van der Waals surface area contributed by atoms with Gasteiger partial charge in [0.1, 0.15) is 17.4 Å². The van der Waals surface area contributed by atoms with Gasteiger partial charge in [0.25, 0.3) is 0 Å². The number of benzene rings is 1. The van der Waals surface area contributed by atoms with Gasteiger partial charge >= 0.3 is 0 Å². The van der Waals surface area contributed by atoms with Crippen LogP contribution in [0.25, 0.3) is 12.2 Å². The predicted octanol–water partition coefficient (Wildman–Crippen LogP) is 2.04. The lowest BCUT2D eigenvalue weighted by Crippen LogP contribution is -1.87. The maximum atomic E-state index is 8.91. The van der Waals surface area contributed by atoms with Gasteiger partial charge in [0, 0.05) is 0 Å². The molecule has 0 amide bonds. The third-order valence-electron chi connectivity index (χ3n) is 2.49. The van der Waals surface area contributed by atoms with E-state index in [2.05, 4.69) is 10.2 Å². The number of aromatic amines is 1. The van der Waals surface area contributed by atoms with E-state index < -0.39 is 0 Å². The van der Waals surface area contributed by atoms with Crippen LogP contribution >= 0.6 is 0 Å². The fraction of sp³-hybridized carbons (Fsp3) is 0.0769. The number of nitriles is 1. The van der Waals surface area contributed by atoms with Gasteiger partial charge < -0.3 is 10.5 Å². The first kappa shape index (κ1) is 11.7. The Hall–Kier alpha value is -2.74. The Bertz CT molecular complexity index is 605. The molecule has 0 unspecified atom stereocenters. The van der Waals surface area contributed by atoms with E-state index in [1.807, 2.05) is 36.4 Å². The number of ether oxygens (including phenoxy) is 1. The normalized spacial score (nSPS) is 10.4. The molecule has 0 spiro atoms. The summed E-state index contributed by atoms with van der Waals surface area (Å²) in [6.07, 6.45) is 3.64. The standard InChI is InChI=1S/C13H12N4O/c1-18-10-5-2-9(3-6-10)4-7-12-11(8-14)13(15)17-16-12/h2-7H,1H3,(H3,15,16,17)/b7-4+. The molecule has 3 N–H and O–H groups in total. The monoisotopic (exact) mass is 240 g/mol. The molecule has 0 aliphatic rings. The summed E-state index contributed by atoms with van der Waals surface area (Å²) in [5.41, 5.74) is 7.50. The number of nitrogens with two attached hydrogens (primary N) is 1.